The summed E-state index contributed by atoms with van der Waals surface area (Å²) in [4.78, 5) is 14.2. The van der Waals surface area contributed by atoms with E-state index in [1.54, 1.807) is 18.3 Å². The van der Waals surface area contributed by atoms with Crippen molar-refractivity contribution < 1.29 is 9.18 Å². The van der Waals surface area contributed by atoms with Crippen molar-refractivity contribution in [2.75, 3.05) is 6.54 Å². The van der Waals surface area contributed by atoms with E-state index in [9.17, 15) is 9.18 Å². The summed E-state index contributed by atoms with van der Waals surface area (Å²) < 4.78 is 15.1. The molecule has 0 spiro atoms. The molecule has 3 rings (SSSR count). The fraction of sp³-hybridized carbons (Fsp3) is 0.412. The summed E-state index contributed by atoms with van der Waals surface area (Å²) in [6, 6.07) is 7.57. The molecule has 2 N–H and O–H groups in total. The molecule has 0 aliphatic carbocycles. The SMILES string of the molecule is NC(=O)[C@H](c1ccc(F)cc1)N1CCCC[C@@H]1Cn1cccn1. The standard InChI is InChI=1S/C17H21FN4O/c18-14-7-5-13(6-8-14)16(17(19)23)22-11-2-1-4-15(22)12-21-10-3-9-20-21/h3,5-10,15-16H,1-2,4,11-12H2,(H2,19,23)/t15-,16+/m1/s1. The fourth-order valence-electron chi connectivity index (χ4n) is 3.35. The van der Waals surface area contributed by atoms with Gasteiger partial charge in [-0.3, -0.25) is 14.4 Å². The van der Waals surface area contributed by atoms with Crippen LogP contribution >= 0.6 is 0 Å². The Bertz CT molecular complexity index is 641. The number of hydrogen-bond acceptors (Lipinski definition) is 3. The first-order valence-corrected chi connectivity index (χ1v) is 7.93. The van der Waals surface area contributed by atoms with E-state index < -0.39 is 11.9 Å². The molecule has 2 heterocycles. The van der Waals surface area contributed by atoms with Gasteiger partial charge in [0.05, 0.1) is 6.54 Å². The molecule has 1 amide bonds. The first-order valence-electron chi connectivity index (χ1n) is 7.93. The highest BCUT2D eigenvalue weighted by molar-refractivity contribution is 5.81. The van der Waals surface area contributed by atoms with Crippen LogP contribution in [-0.2, 0) is 11.3 Å². The third-order valence-electron chi connectivity index (χ3n) is 4.42. The van der Waals surface area contributed by atoms with Crippen molar-refractivity contribution in [1.29, 1.82) is 0 Å². The Balaban J connectivity index is 1.86. The lowest BCUT2D eigenvalue weighted by molar-refractivity contribution is -0.125. The van der Waals surface area contributed by atoms with Gasteiger partial charge in [0.15, 0.2) is 0 Å². The van der Waals surface area contributed by atoms with Crippen LogP contribution in [0.5, 0.6) is 0 Å². The molecule has 0 bridgehead atoms. The average Bonchev–Trinajstić information content (AvgIpc) is 3.04. The highest BCUT2D eigenvalue weighted by Crippen LogP contribution is 2.29. The Labute approximate surface area is 134 Å². The molecular formula is C17H21FN4O. The number of rotatable bonds is 5. The summed E-state index contributed by atoms with van der Waals surface area (Å²) in [5, 5.41) is 4.26. The Morgan fingerprint density at radius 1 is 1.35 bits per heavy atom. The van der Waals surface area contributed by atoms with Gasteiger partial charge in [0, 0.05) is 18.4 Å². The topological polar surface area (TPSA) is 64.2 Å². The van der Waals surface area contributed by atoms with Crippen LogP contribution in [0.4, 0.5) is 4.39 Å². The molecule has 1 aliphatic rings. The summed E-state index contributed by atoms with van der Waals surface area (Å²) >= 11 is 0. The lowest BCUT2D eigenvalue weighted by Gasteiger charge is -2.40. The minimum absolute atomic E-state index is 0.186. The molecule has 2 atom stereocenters. The van der Waals surface area contributed by atoms with E-state index in [1.807, 2.05) is 16.9 Å². The van der Waals surface area contributed by atoms with Crippen LogP contribution in [0.15, 0.2) is 42.7 Å². The number of amides is 1. The molecule has 2 aromatic rings. The van der Waals surface area contributed by atoms with E-state index >= 15 is 0 Å². The Morgan fingerprint density at radius 3 is 2.78 bits per heavy atom. The number of nitrogens with zero attached hydrogens (tertiary/aromatic N) is 3. The summed E-state index contributed by atoms with van der Waals surface area (Å²) in [5.74, 6) is -0.715. The van der Waals surface area contributed by atoms with Crippen molar-refractivity contribution in [1.82, 2.24) is 14.7 Å². The van der Waals surface area contributed by atoms with E-state index in [1.165, 1.54) is 12.1 Å². The van der Waals surface area contributed by atoms with Crippen LogP contribution in [-0.4, -0.2) is 33.2 Å². The molecule has 23 heavy (non-hydrogen) atoms. The van der Waals surface area contributed by atoms with Crippen molar-refractivity contribution in [3.05, 3.63) is 54.1 Å². The van der Waals surface area contributed by atoms with Crippen molar-refractivity contribution in [2.45, 2.75) is 37.9 Å². The van der Waals surface area contributed by atoms with Gasteiger partial charge in [0.25, 0.3) is 0 Å². The highest BCUT2D eigenvalue weighted by Gasteiger charge is 2.33. The molecular weight excluding hydrogens is 295 g/mol. The summed E-state index contributed by atoms with van der Waals surface area (Å²) in [6.07, 6.45) is 6.81. The molecule has 1 aliphatic heterocycles. The second-order valence-corrected chi connectivity index (χ2v) is 5.97. The quantitative estimate of drug-likeness (QED) is 0.919. The molecule has 1 fully saturated rings. The summed E-state index contributed by atoms with van der Waals surface area (Å²) in [5.41, 5.74) is 6.42. The van der Waals surface area contributed by atoms with E-state index in [-0.39, 0.29) is 11.9 Å². The van der Waals surface area contributed by atoms with Gasteiger partial charge >= 0.3 is 0 Å². The fourth-order valence-corrected chi connectivity index (χ4v) is 3.35. The Morgan fingerprint density at radius 2 is 2.13 bits per heavy atom. The number of nitrogens with two attached hydrogens (primary N) is 1. The molecule has 122 valence electrons. The van der Waals surface area contributed by atoms with Crippen molar-refractivity contribution in [3.63, 3.8) is 0 Å². The molecule has 0 radical (unpaired) electrons. The number of primary amides is 1. The number of hydrogen-bond donors (Lipinski definition) is 1. The van der Waals surface area contributed by atoms with E-state index in [4.69, 9.17) is 5.73 Å². The van der Waals surface area contributed by atoms with Crippen molar-refractivity contribution >= 4 is 5.91 Å². The van der Waals surface area contributed by atoms with Crippen LogP contribution < -0.4 is 5.73 Å². The van der Waals surface area contributed by atoms with Gasteiger partial charge in [-0.1, -0.05) is 18.6 Å². The summed E-state index contributed by atoms with van der Waals surface area (Å²) in [6.45, 7) is 1.52. The monoisotopic (exact) mass is 316 g/mol. The predicted molar refractivity (Wildman–Crippen MR) is 84.9 cm³/mol. The van der Waals surface area contributed by atoms with Gasteiger partial charge in [-0.05, 0) is 43.1 Å². The minimum atomic E-state index is -0.531. The maximum atomic E-state index is 13.2. The minimum Gasteiger partial charge on any atom is -0.368 e. The molecule has 1 aromatic heterocycles. The number of likely N-dealkylation sites (tertiary alicyclic amines) is 1. The van der Waals surface area contributed by atoms with Crippen molar-refractivity contribution in [2.24, 2.45) is 5.73 Å². The van der Waals surface area contributed by atoms with Gasteiger partial charge in [0.1, 0.15) is 11.9 Å². The molecule has 0 unspecified atom stereocenters. The van der Waals surface area contributed by atoms with Gasteiger partial charge in [0.2, 0.25) is 5.91 Å². The predicted octanol–water partition coefficient (Wildman–Crippen LogP) is 2.10. The van der Waals surface area contributed by atoms with E-state index in [0.29, 0.717) is 0 Å². The van der Waals surface area contributed by atoms with Crippen molar-refractivity contribution in [3.8, 4) is 0 Å². The molecule has 1 saturated heterocycles. The second-order valence-electron chi connectivity index (χ2n) is 5.97. The number of carbonyl (C=O) groups is 1. The van der Waals surface area contributed by atoms with E-state index in [0.717, 1.165) is 37.9 Å². The first kappa shape index (κ1) is 15.7. The maximum Gasteiger partial charge on any atom is 0.239 e. The van der Waals surface area contributed by atoms with Crippen LogP contribution in [0.25, 0.3) is 0 Å². The number of halogens is 1. The Kier molecular flexibility index (Phi) is 4.71. The third kappa shape index (κ3) is 3.59. The van der Waals surface area contributed by atoms with Gasteiger partial charge in [-0.25, -0.2) is 4.39 Å². The largest absolute Gasteiger partial charge is 0.368 e. The number of carbonyl (C=O) groups excluding carboxylic acids is 1. The second kappa shape index (κ2) is 6.91. The number of benzene rings is 1. The number of piperidine rings is 1. The van der Waals surface area contributed by atoms with Crippen LogP contribution in [0.1, 0.15) is 30.9 Å². The zero-order valence-corrected chi connectivity index (χ0v) is 12.9. The van der Waals surface area contributed by atoms with Crippen LogP contribution in [0.3, 0.4) is 0 Å². The van der Waals surface area contributed by atoms with Gasteiger partial charge < -0.3 is 5.73 Å². The summed E-state index contributed by atoms with van der Waals surface area (Å²) in [7, 11) is 0. The number of aromatic nitrogens is 2. The van der Waals surface area contributed by atoms with Gasteiger partial charge in [-0.2, -0.15) is 5.10 Å². The molecule has 5 nitrogen and oxygen atoms in total. The maximum absolute atomic E-state index is 13.2. The lowest BCUT2D eigenvalue weighted by atomic mass is 9.95. The molecule has 6 heteroatoms. The molecule has 1 aromatic carbocycles. The van der Waals surface area contributed by atoms with Gasteiger partial charge in [-0.15, -0.1) is 0 Å². The van der Waals surface area contributed by atoms with Crippen LogP contribution in [0.2, 0.25) is 0 Å². The molecule has 0 saturated carbocycles. The van der Waals surface area contributed by atoms with E-state index in [2.05, 4.69) is 10.00 Å². The lowest BCUT2D eigenvalue weighted by Crippen LogP contribution is -2.48. The highest BCUT2D eigenvalue weighted by atomic mass is 19.1. The smallest absolute Gasteiger partial charge is 0.239 e. The average molecular weight is 316 g/mol. The zero-order valence-electron chi connectivity index (χ0n) is 12.9. The normalized spacial score (nSPS) is 20.3. The first-order chi connectivity index (χ1) is 11.1. The zero-order chi connectivity index (χ0) is 16.2. The Hall–Kier alpha value is -2.21. The third-order valence-corrected chi connectivity index (χ3v) is 4.42. The van der Waals surface area contributed by atoms with Crippen LogP contribution in [0, 0.1) is 5.82 Å².